The molecule has 0 aliphatic carbocycles. The number of carbonyl (C=O) groups is 1. The maximum Gasteiger partial charge on any atom is 0.257 e. The molecule has 3 rings (SSSR count). The van der Waals surface area contributed by atoms with Gasteiger partial charge in [0.2, 0.25) is 0 Å². The van der Waals surface area contributed by atoms with Crippen LogP contribution in [0.2, 0.25) is 0 Å². The number of nitrogens with zero attached hydrogens (tertiary/aromatic N) is 3. The van der Waals surface area contributed by atoms with E-state index in [0.717, 1.165) is 34.9 Å². The van der Waals surface area contributed by atoms with Crippen LogP contribution in [0.25, 0.3) is 0 Å². The lowest BCUT2D eigenvalue weighted by atomic mass is 10.1. The largest absolute Gasteiger partial charge is 0.486 e. The molecule has 0 radical (unpaired) electrons. The first kappa shape index (κ1) is 26.6. The second-order valence-corrected chi connectivity index (χ2v) is 9.48. The van der Waals surface area contributed by atoms with Crippen molar-refractivity contribution in [2.75, 3.05) is 40.0 Å². The monoisotopic (exact) mass is 492 g/mol. The van der Waals surface area contributed by atoms with Crippen LogP contribution in [0.3, 0.4) is 0 Å². The number of rotatable bonds is 10. The van der Waals surface area contributed by atoms with Crippen molar-refractivity contribution in [3.8, 4) is 5.75 Å². The summed E-state index contributed by atoms with van der Waals surface area (Å²) in [6.45, 7) is 8.49. The standard InChI is InChI=1S/C28H36N4O2S/c1-6-25-27(30-21(2)35-5)31(4)17-18-32(28(25)33)20-22-11-10-14-24(19-22)34-26(15-16-29-3)23-12-8-7-9-13-23/h6-14,19,26,29H,1,15-18,20H2,2-5H3/b30-21+. The van der Waals surface area contributed by atoms with Gasteiger partial charge in [0.15, 0.2) is 0 Å². The summed E-state index contributed by atoms with van der Waals surface area (Å²) >= 11 is 1.57. The fourth-order valence-corrected chi connectivity index (χ4v) is 4.14. The first-order chi connectivity index (χ1) is 17.0. The Morgan fingerprint density at radius 1 is 1.23 bits per heavy atom. The Morgan fingerprint density at radius 2 is 2.00 bits per heavy atom. The Bertz CT molecular complexity index is 1070. The van der Waals surface area contributed by atoms with E-state index >= 15 is 0 Å². The topological polar surface area (TPSA) is 57.2 Å². The van der Waals surface area contributed by atoms with E-state index in [4.69, 9.17) is 4.74 Å². The molecule has 7 heteroatoms. The third kappa shape index (κ3) is 7.23. The van der Waals surface area contributed by atoms with Crippen molar-refractivity contribution in [3.05, 3.63) is 89.8 Å². The normalized spacial score (nSPS) is 15.8. The van der Waals surface area contributed by atoms with Gasteiger partial charge in [-0.05, 0) is 50.0 Å². The number of amides is 1. The molecule has 0 aromatic heterocycles. The summed E-state index contributed by atoms with van der Waals surface area (Å²) in [6, 6.07) is 18.3. The summed E-state index contributed by atoms with van der Waals surface area (Å²) in [5, 5.41) is 4.12. The van der Waals surface area contributed by atoms with Gasteiger partial charge in [-0.25, -0.2) is 4.99 Å². The number of likely N-dealkylation sites (N-methyl/N-ethyl adjacent to an activating group) is 1. The molecule has 35 heavy (non-hydrogen) atoms. The molecule has 1 aliphatic rings. The molecule has 0 fully saturated rings. The highest BCUT2D eigenvalue weighted by atomic mass is 32.2. The van der Waals surface area contributed by atoms with Crippen molar-refractivity contribution in [1.82, 2.24) is 15.1 Å². The molecule has 0 saturated heterocycles. The molecule has 1 aliphatic heterocycles. The van der Waals surface area contributed by atoms with Crippen LogP contribution in [0.4, 0.5) is 0 Å². The number of hydrogen-bond acceptors (Lipinski definition) is 6. The van der Waals surface area contributed by atoms with E-state index < -0.39 is 0 Å². The summed E-state index contributed by atoms with van der Waals surface area (Å²) in [4.78, 5) is 22.0. The maximum absolute atomic E-state index is 13.4. The number of carbonyl (C=O) groups excluding carboxylic acids is 1. The minimum atomic E-state index is -0.0560. The molecule has 0 spiro atoms. The molecule has 2 aromatic rings. The number of hydrogen-bond donors (Lipinski definition) is 1. The first-order valence-corrected chi connectivity index (χ1v) is 13.1. The van der Waals surface area contributed by atoms with Crippen LogP contribution >= 0.6 is 11.8 Å². The smallest absolute Gasteiger partial charge is 0.257 e. The summed E-state index contributed by atoms with van der Waals surface area (Å²) in [6.07, 6.45) is 4.40. The molecule has 186 valence electrons. The second-order valence-electron chi connectivity index (χ2n) is 8.48. The number of ether oxygens (including phenoxy) is 1. The van der Waals surface area contributed by atoms with E-state index in [9.17, 15) is 4.79 Å². The van der Waals surface area contributed by atoms with Gasteiger partial charge in [-0.3, -0.25) is 4.79 Å². The number of benzene rings is 2. The van der Waals surface area contributed by atoms with Crippen molar-refractivity contribution >= 4 is 22.7 Å². The van der Waals surface area contributed by atoms with Crippen LogP contribution in [-0.2, 0) is 11.3 Å². The second kappa shape index (κ2) is 13.2. The Labute approximate surface area is 213 Å². The minimum absolute atomic E-state index is 0.0530. The quantitative estimate of drug-likeness (QED) is 0.379. The average Bonchev–Trinajstić information content (AvgIpc) is 2.98. The van der Waals surface area contributed by atoms with E-state index in [1.165, 1.54) is 0 Å². The summed E-state index contributed by atoms with van der Waals surface area (Å²) < 4.78 is 6.42. The zero-order valence-corrected chi connectivity index (χ0v) is 22.0. The van der Waals surface area contributed by atoms with Gasteiger partial charge < -0.3 is 19.9 Å². The highest BCUT2D eigenvalue weighted by Gasteiger charge is 2.26. The third-order valence-electron chi connectivity index (χ3n) is 5.97. The van der Waals surface area contributed by atoms with Crippen LogP contribution in [0.15, 0.2) is 83.6 Å². The Hall–Kier alpha value is -3.03. The SMILES string of the molecule is C=CC1=C(/N=C(\C)SC)N(C)CCN(Cc2cccc(OC(CCNC)c3ccccc3)c2)C1=O. The minimum Gasteiger partial charge on any atom is -0.486 e. The fraction of sp³-hybridized carbons (Fsp3) is 0.357. The van der Waals surface area contributed by atoms with E-state index in [1.807, 2.05) is 79.5 Å². The van der Waals surface area contributed by atoms with Gasteiger partial charge in [0.25, 0.3) is 5.91 Å². The van der Waals surface area contributed by atoms with E-state index in [-0.39, 0.29) is 12.0 Å². The first-order valence-electron chi connectivity index (χ1n) is 11.9. The van der Waals surface area contributed by atoms with Gasteiger partial charge in [0.1, 0.15) is 17.7 Å². The lowest BCUT2D eigenvalue weighted by Gasteiger charge is -2.23. The van der Waals surface area contributed by atoms with E-state index in [1.54, 1.807) is 17.8 Å². The van der Waals surface area contributed by atoms with Crippen molar-refractivity contribution in [3.63, 3.8) is 0 Å². The zero-order chi connectivity index (χ0) is 25.2. The highest BCUT2D eigenvalue weighted by Crippen LogP contribution is 2.27. The van der Waals surface area contributed by atoms with Gasteiger partial charge in [0.05, 0.1) is 10.6 Å². The van der Waals surface area contributed by atoms with Crippen molar-refractivity contribution in [2.45, 2.75) is 26.0 Å². The summed E-state index contributed by atoms with van der Waals surface area (Å²) in [5.41, 5.74) is 2.70. The molecule has 0 saturated carbocycles. The Kier molecular flexibility index (Phi) is 9.99. The maximum atomic E-state index is 13.4. The van der Waals surface area contributed by atoms with Crippen LogP contribution in [0, 0.1) is 0 Å². The molecular weight excluding hydrogens is 456 g/mol. The van der Waals surface area contributed by atoms with Gasteiger partial charge in [-0.2, -0.15) is 0 Å². The molecule has 2 aromatic carbocycles. The molecule has 0 bridgehead atoms. The van der Waals surface area contributed by atoms with E-state index in [0.29, 0.717) is 31.0 Å². The third-order valence-corrected chi connectivity index (χ3v) is 6.65. The highest BCUT2D eigenvalue weighted by molar-refractivity contribution is 8.13. The van der Waals surface area contributed by atoms with Crippen LogP contribution < -0.4 is 10.1 Å². The molecule has 1 N–H and O–H groups in total. The zero-order valence-electron chi connectivity index (χ0n) is 21.2. The van der Waals surface area contributed by atoms with Crippen LogP contribution in [0.5, 0.6) is 5.75 Å². The molecule has 6 nitrogen and oxygen atoms in total. The van der Waals surface area contributed by atoms with Crippen molar-refractivity contribution in [2.24, 2.45) is 4.99 Å². The van der Waals surface area contributed by atoms with Gasteiger partial charge >= 0.3 is 0 Å². The Morgan fingerprint density at radius 3 is 2.69 bits per heavy atom. The van der Waals surface area contributed by atoms with Gasteiger partial charge in [-0.15, -0.1) is 11.8 Å². The molecular formula is C28H36N4O2S. The number of thioether (sulfide) groups is 1. The number of aliphatic imine (C=N–C) groups is 1. The predicted octanol–water partition coefficient (Wildman–Crippen LogP) is 4.87. The van der Waals surface area contributed by atoms with E-state index in [2.05, 4.69) is 29.0 Å². The van der Waals surface area contributed by atoms with Gasteiger partial charge in [0, 0.05) is 33.1 Å². The molecule has 1 heterocycles. The summed E-state index contributed by atoms with van der Waals surface area (Å²) in [7, 11) is 3.92. The molecule has 1 unspecified atom stereocenters. The predicted molar refractivity (Wildman–Crippen MR) is 147 cm³/mol. The van der Waals surface area contributed by atoms with Gasteiger partial charge in [-0.1, -0.05) is 55.1 Å². The van der Waals surface area contributed by atoms with Crippen molar-refractivity contribution in [1.29, 1.82) is 0 Å². The van der Waals surface area contributed by atoms with Crippen LogP contribution in [0.1, 0.15) is 30.6 Å². The molecule has 1 atom stereocenters. The lowest BCUT2D eigenvalue weighted by Crippen LogP contribution is -2.33. The van der Waals surface area contributed by atoms with Crippen molar-refractivity contribution < 1.29 is 9.53 Å². The average molecular weight is 493 g/mol. The lowest BCUT2D eigenvalue weighted by molar-refractivity contribution is -0.127. The molecule has 1 amide bonds. The number of nitrogens with one attached hydrogen (secondary N) is 1. The fourth-order valence-electron chi connectivity index (χ4n) is 3.96. The Balaban J connectivity index is 1.81. The summed E-state index contributed by atoms with van der Waals surface area (Å²) in [5.74, 6) is 1.42. The van der Waals surface area contributed by atoms with Crippen LogP contribution in [-0.4, -0.2) is 60.7 Å².